The van der Waals surface area contributed by atoms with E-state index < -0.39 is 0 Å². The molecule has 1 aromatic rings. The molecule has 4 nitrogen and oxygen atoms in total. The first-order valence-corrected chi connectivity index (χ1v) is 5.97. The largest absolute Gasteiger partial charge is 0.382 e. The van der Waals surface area contributed by atoms with Gasteiger partial charge in [0.15, 0.2) is 0 Å². The van der Waals surface area contributed by atoms with E-state index in [4.69, 9.17) is 21.6 Å². The van der Waals surface area contributed by atoms with Gasteiger partial charge in [-0.3, -0.25) is 4.79 Å². The molecule has 0 aliphatic carbocycles. The molecule has 0 fully saturated rings. The van der Waals surface area contributed by atoms with Crippen LogP contribution in [0.1, 0.15) is 25.3 Å². The molecule has 0 heterocycles. The smallest absolute Gasteiger partial charge is 0.224 e. The number of carbonyl (C=O) groups is 1. The van der Waals surface area contributed by atoms with E-state index in [0.717, 1.165) is 0 Å². The van der Waals surface area contributed by atoms with Crippen molar-refractivity contribution in [1.82, 2.24) is 0 Å². The predicted molar refractivity (Wildman–Crippen MR) is 70.5 cm³/mol. The van der Waals surface area contributed by atoms with Gasteiger partial charge >= 0.3 is 0 Å². The first-order chi connectivity index (χ1) is 8.56. The van der Waals surface area contributed by atoms with Gasteiger partial charge in [-0.1, -0.05) is 11.6 Å². The predicted octanol–water partition coefficient (Wildman–Crippen LogP) is 2.97. The number of nitrogens with one attached hydrogen (secondary N) is 1. The van der Waals surface area contributed by atoms with Crippen LogP contribution in [-0.4, -0.2) is 19.1 Å². The maximum atomic E-state index is 11.6. The Morgan fingerprint density at radius 3 is 2.89 bits per heavy atom. The minimum Gasteiger partial charge on any atom is -0.382 e. The first-order valence-electron chi connectivity index (χ1n) is 5.59. The summed E-state index contributed by atoms with van der Waals surface area (Å²) in [6.07, 6.45) is 1.06. The van der Waals surface area contributed by atoms with E-state index in [2.05, 4.69) is 5.32 Å². The van der Waals surface area contributed by atoms with Gasteiger partial charge in [0.25, 0.3) is 0 Å². The highest BCUT2D eigenvalue weighted by Crippen LogP contribution is 2.23. The SMILES string of the molecule is COC(C)CCC(=O)Nc1ccc(C#N)cc1Cl. The molecule has 0 bridgehead atoms. The first kappa shape index (κ1) is 14.5. The van der Waals surface area contributed by atoms with Gasteiger partial charge in [-0.2, -0.15) is 5.26 Å². The van der Waals surface area contributed by atoms with Crippen molar-refractivity contribution >= 4 is 23.2 Å². The molecule has 1 amide bonds. The van der Waals surface area contributed by atoms with E-state index in [1.807, 2.05) is 13.0 Å². The van der Waals surface area contributed by atoms with Crippen LogP contribution in [0.15, 0.2) is 18.2 Å². The number of hydrogen-bond donors (Lipinski definition) is 1. The second-order valence-corrected chi connectivity index (χ2v) is 4.35. The number of anilines is 1. The highest BCUT2D eigenvalue weighted by molar-refractivity contribution is 6.33. The molecule has 0 aromatic heterocycles. The molecule has 1 aromatic carbocycles. The van der Waals surface area contributed by atoms with Gasteiger partial charge in [-0.25, -0.2) is 0 Å². The lowest BCUT2D eigenvalue weighted by Gasteiger charge is -2.10. The fraction of sp³-hybridized carbons (Fsp3) is 0.385. The molecule has 18 heavy (non-hydrogen) atoms. The molecule has 1 rings (SSSR count). The number of hydrogen-bond acceptors (Lipinski definition) is 3. The second kappa shape index (κ2) is 7.00. The zero-order valence-corrected chi connectivity index (χ0v) is 11.1. The van der Waals surface area contributed by atoms with Crippen molar-refractivity contribution in [2.24, 2.45) is 0 Å². The second-order valence-electron chi connectivity index (χ2n) is 3.94. The van der Waals surface area contributed by atoms with Crippen molar-refractivity contribution in [3.63, 3.8) is 0 Å². The zero-order chi connectivity index (χ0) is 13.5. The number of methoxy groups -OCH3 is 1. The van der Waals surface area contributed by atoms with Gasteiger partial charge in [0.05, 0.1) is 28.4 Å². The number of amides is 1. The maximum Gasteiger partial charge on any atom is 0.224 e. The monoisotopic (exact) mass is 266 g/mol. The summed E-state index contributed by atoms with van der Waals surface area (Å²) >= 11 is 5.95. The van der Waals surface area contributed by atoms with Crippen LogP contribution in [0.3, 0.4) is 0 Å². The maximum absolute atomic E-state index is 11.6. The summed E-state index contributed by atoms with van der Waals surface area (Å²) in [6.45, 7) is 1.90. The number of nitriles is 1. The van der Waals surface area contributed by atoms with Crippen LogP contribution in [0.4, 0.5) is 5.69 Å². The Balaban J connectivity index is 2.57. The van der Waals surface area contributed by atoms with Crippen LogP contribution in [-0.2, 0) is 9.53 Å². The van der Waals surface area contributed by atoms with Crippen molar-refractivity contribution in [1.29, 1.82) is 5.26 Å². The summed E-state index contributed by atoms with van der Waals surface area (Å²) in [6, 6.07) is 6.74. The standard InChI is InChI=1S/C13H15ClN2O2/c1-9(18-2)3-6-13(17)16-12-5-4-10(8-15)7-11(12)14/h4-5,7,9H,3,6H2,1-2H3,(H,16,17). The van der Waals surface area contributed by atoms with Crippen molar-refractivity contribution in [2.75, 3.05) is 12.4 Å². The Bertz CT molecular complexity index is 469. The molecule has 0 radical (unpaired) electrons. The third-order valence-corrected chi connectivity index (χ3v) is 2.87. The molecule has 96 valence electrons. The molecule has 0 saturated heterocycles. The molecule has 0 spiro atoms. The number of ether oxygens (including phenoxy) is 1. The molecule has 0 saturated carbocycles. The van der Waals surface area contributed by atoms with Gasteiger partial charge in [0.1, 0.15) is 0 Å². The normalized spacial score (nSPS) is 11.7. The van der Waals surface area contributed by atoms with Gasteiger partial charge < -0.3 is 10.1 Å². The quantitative estimate of drug-likeness (QED) is 0.891. The number of rotatable bonds is 5. The molecule has 0 aliphatic heterocycles. The lowest BCUT2D eigenvalue weighted by Crippen LogP contribution is -2.15. The third kappa shape index (κ3) is 4.36. The van der Waals surface area contributed by atoms with Crippen LogP contribution in [0.5, 0.6) is 0 Å². The van der Waals surface area contributed by atoms with Crippen molar-refractivity contribution in [2.45, 2.75) is 25.9 Å². The minimum atomic E-state index is -0.120. The van der Waals surface area contributed by atoms with Gasteiger partial charge in [0, 0.05) is 13.5 Å². The molecular formula is C13H15ClN2O2. The lowest BCUT2D eigenvalue weighted by molar-refractivity contribution is -0.116. The highest BCUT2D eigenvalue weighted by Gasteiger charge is 2.08. The summed E-state index contributed by atoms with van der Waals surface area (Å²) in [5, 5.41) is 11.8. The van der Waals surface area contributed by atoms with Crippen molar-refractivity contribution in [3.8, 4) is 6.07 Å². The van der Waals surface area contributed by atoms with E-state index in [9.17, 15) is 4.79 Å². The number of halogens is 1. The zero-order valence-electron chi connectivity index (χ0n) is 10.4. The van der Waals surface area contributed by atoms with E-state index in [1.54, 1.807) is 19.2 Å². The van der Waals surface area contributed by atoms with E-state index in [1.165, 1.54) is 6.07 Å². The van der Waals surface area contributed by atoms with Gasteiger partial charge in [-0.15, -0.1) is 0 Å². The minimum absolute atomic E-state index is 0.0483. The van der Waals surface area contributed by atoms with Crippen LogP contribution in [0.2, 0.25) is 5.02 Å². The number of nitrogens with zero attached hydrogens (tertiary/aromatic N) is 1. The Morgan fingerprint density at radius 2 is 2.33 bits per heavy atom. The van der Waals surface area contributed by atoms with Crippen LogP contribution < -0.4 is 5.32 Å². The average Bonchev–Trinajstić information content (AvgIpc) is 2.38. The Morgan fingerprint density at radius 1 is 1.61 bits per heavy atom. The molecule has 1 N–H and O–H groups in total. The summed E-state index contributed by atoms with van der Waals surface area (Å²) in [5.41, 5.74) is 0.983. The Labute approximate surface area is 112 Å². The van der Waals surface area contributed by atoms with Gasteiger partial charge in [0.2, 0.25) is 5.91 Å². The highest BCUT2D eigenvalue weighted by atomic mass is 35.5. The van der Waals surface area contributed by atoms with Crippen molar-refractivity contribution < 1.29 is 9.53 Å². The molecule has 0 aliphatic rings. The summed E-state index contributed by atoms with van der Waals surface area (Å²) in [4.78, 5) is 11.6. The molecular weight excluding hydrogens is 252 g/mol. The summed E-state index contributed by atoms with van der Waals surface area (Å²) in [7, 11) is 1.61. The van der Waals surface area contributed by atoms with Crippen LogP contribution >= 0.6 is 11.6 Å². The fourth-order valence-corrected chi connectivity index (χ4v) is 1.58. The molecule has 5 heteroatoms. The number of benzene rings is 1. The number of carbonyl (C=O) groups excluding carboxylic acids is 1. The Kier molecular flexibility index (Phi) is 5.63. The Hall–Kier alpha value is -1.57. The van der Waals surface area contributed by atoms with E-state index in [0.29, 0.717) is 29.1 Å². The van der Waals surface area contributed by atoms with Crippen LogP contribution in [0.25, 0.3) is 0 Å². The molecule has 1 unspecified atom stereocenters. The summed E-state index contributed by atoms with van der Waals surface area (Å²) < 4.78 is 5.06. The molecule has 1 atom stereocenters. The van der Waals surface area contributed by atoms with E-state index >= 15 is 0 Å². The average molecular weight is 267 g/mol. The summed E-state index contributed by atoms with van der Waals surface area (Å²) in [5.74, 6) is -0.120. The fourth-order valence-electron chi connectivity index (χ4n) is 1.35. The van der Waals surface area contributed by atoms with Crippen molar-refractivity contribution in [3.05, 3.63) is 28.8 Å². The van der Waals surface area contributed by atoms with E-state index in [-0.39, 0.29) is 12.0 Å². The topological polar surface area (TPSA) is 62.1 Å². The lowest BCUT2D eigenvalue weighted by atomic mass is 10.2. The van der Waals surface area contributed by atoms with Gasteiger partial charge in [-0.05, 0) is 31.5 Å². The van der Waals surface area contributed by atoms with Crippen LogP contribution in [0, 0.1) is 11.3 Å². The third-order valence-electron chi connectivity index (χ3n) is 2.55.